The number of imidazole rings is 1. The smallest absolute Gasteiger partial charge is 0.346 e. The zero-order valence-corrected chi connectivity index (χ0v) is 18.3. The fourth-order valence-electron chi connectivity index (χ4n) is 4.85. The van der Waals surface area contributed by atoms with Gasteiger partial charge in [0.2, 0.25) is 0 Å². The van der Waals surface area contributed by atoms with Crippen molar-refractivity contribution in [3.05, 3.63) is 54.6 Å². The number of amides is 2. The van der Waals surface area contributed by atoms with Gasteiger partial charge >= 0.3 is 6.03 Å². The topological polar surface area (TPSA) is 103 Å². The van der Waals surface area contributed by atoms with Gasteiger partial charge in [0.25, 0.3) is 0 Å². The molecule has 1 aromatic carbocycles. The highest BCUT2D eigenvalue weighted by molar-refractivity contribution is 6.02. The van der Waals surface area contributed by atoms with E-state index in [0.29, 0.717) is 5.92 Å². The van der Waals surface area contributed by atoms with Gasteiger partial charge in [-0.3, -0.25) is 4.98 Å². The summed E-state index contributed by atoms with van der Waals surface area (Å²) < 4.78 is 2.12. The first kappa shape index (κ1) is 19.7. The Hall–Kier alpha value is -4.01. The van der Waals surface area contributed by atoms with Crippen LogP contribution >= 0.6 is 0 Å². The zero-order valence-electron chi connectivity index (χ0n) is 18.3. The number of rotatable bonds is 4. The van der Waals surface area contributed by atoms with E-state index in [-0.39, 0.29) is 6.03 Å². The number of nitrogens with zero attached hydrogens (tertiary/aromatic N) is 7. The second kappa shape index (κ2) is 7.84. The highest BCUT2D eigenvalue weighted by atomic mass is 16.2. The van der Waals surface area contributed by atoms with E-state index in [1.54, 1.807) is 12.5 Å². The predicted octanol–water partition coefficient (Wildman–Crippen LogP) is 4.07. The molecule has 5 heterocycles. The number of hydrogen-bond acceptors (Lipinski definition) is 6. The number of benzene rings is 1. The molecule has 1 N–H and O–H groups in total. The van der Waals surface area contributed by atoms with Crippen LogP contribution in [-0.4, -0.2) is 43.6 Å². The number of fused-ring (bicyclic) bond motifs is 2. The number of hydrogen-bond donors (Lipinski definition) is 1. The average molecular weight is 440 g/mol. The van der Waals surface area contributed by atoms with Crippen LogP contribution in [0, 0.1) is 0 Å². The van der Waals surface area contributed by atoms with Crippen molar-refractivity contribution < 1.29 is 4.79 Å². The minimum absolute atomic E-state index is 0.290. The number of aryl methyl sites for hydroxylation is 1. The molecule has 0 atom stereocenters. The van der Waals surface area contributed by atoms with Crippen LogP contribution in [0.15, 0.2) is 49.1 Å². The number of piperidine rings is 1. The van der Waals surface area contributed by atoms with Crippen molar-refractivity contribution in [3.63, 3.8) is 0 Å². The van der Waals surface area contributed by atoms with Gasteiger partial charge in [0, 0.05) is 37.6 Å². The molecular weight excluding hydrogens is 416 g/mol. The molecule has 6 rings (SSSR count). The Morgan fingerprint density at radius 3 is 2.82 bits per heavy atom. The predicted molar refractivity (Wildman–Crippen MR) is 126 cm³/mol. The summed E-state index contributed by atoms with van der Waals surface area (Å²) in [7, 11) is 0. The SMILES string of the molecule is CCn1c(-c2cccnc2)nc2c(N3CCC(c4ccc5c(c4)[N]C(=O)N5)CC3)ncnc21. The van der Waals surface area contributed by atoms with Crippen molar-refractivity contribution >= 4 is 34.4 Å². The fraction of sp³-hybridized carbons (Fsp3) is 0.292. The van der Waals surface area contributed by atoms with Crippen molar-refractivity contribution in [1.82, 2.24) is 29.8 Å². The lowest BCUT2D eigenvalue weighted by Gasteiger charge is -2.33. The Morgan fingerprint density at radius 2 is 2.03 bits per heavy atom. The van der Waals surface area contributed by atoms with Crippen molar-refractivity contribution in [3.8, 4) is 11.4 Å². The Bertz CT molecular complexity index is 1340. The van der Waals surface area contributed by atoms with Crippen LogP contribution in [0.5, 0.6) is 0 Å². The lowest BCUT2D eigenvalue weighted by molar-refractivity contribution is 0.256. The maximum absolute atomic E-state index is 11.5. The Balaban J connectivity index is 1.27. The standard InChI is InChI=1S/C24H23N8O/c1-2-32-21(17-4-3-9-25-13-17)30-20-22(26-14-27-23(20)32)31-10-7-15(8-11-31)16-5-6-18-19(12-16)29-24(33)28-18/h3-6,9,12-15H,2,7-8,10-11H2,1H3,(H,28,33). The van der Waals surface area contributed by atoms with E-state index in [2.05, 4.69) is 48.0 Å². The molecular formula is C24H23N8O. The third-order valence-electron chi connectivity index (χ3n) is 6.50. The molecule has 0 bridgehead atoms. The molecule has 0 saturated carbocycles. The van der Waals surface area contributed by atoms with Crippen molar-refractivity contribution in [1.29, 1.82) is 0 Å². The first-order valence-electron chi connectivity index (χ1n) is 11.2. The van der Waals surface area contributed by atoms with Gasteiger partial charge in [0.15, 0.2) is 17.0 Å². The van der Waals surface area contributed by atoms with E-state index in [9.17, 15) is 4.79 Å². The summed E-state index contributed by atoms with van der Waals surface area (Å²) in [6, 6.07) is 9.75. The van der Waals surface area contributed by atoms with Gasteiger partial charge in [0.05, 0.1) is 11.4 Å². The van der Waals surface area contributed by atoms with Crippen molar-refractivity contribution in [2.45, 2.75) is 32.2 Å². The van der Waals surface area contributed by atoms with Gasteiger partial charge in [-0.15, -0.1) is 0 Å². The Kier molecular flexibility index (Phi) is 4.67. The van der Waals surface area contributed by atoms with Crippen LogP contribution in [0.25, 0.3) is 22.6 Å². The summed E-state index contributed by atoms with van der Waals surface area (Å²) in [5.74, 6) is 2.17. The lowest BCUT2D eigenvalue weighted by Crippen LogP contribution is -2.33. The molecule has 0 unspecified atom stereocenters. The van der Waals surface area contributed by atoms with Gasteiger partial charge < -0.3 is 14.8 Å². The Morgan fingerprint density at radius 1 is 1.15 bits per heavy atom. The van der Waals surface area contributed by atoms with Gasteiger partial charge in [-0.1, -0.05) is 6.07 Å². The minimum atomic E-state index is -0.290. The normalized spacial score (nSPS) is 16.0. The summed E-state index contributed by atoms with van der Waals surface area (Å²) in [6.07, 6.45) is 7.22. The lowest BCUT2D eigenvalue weighted by atomic mass is 9.89. The van der Waals surface area contributed by atoms with E-state index in [1.807, 2.05) is 30.5 Å². The molecule has 33 heavy (non-hydrogen) atoms. The molecule has 3 aromatic heterocycles. The van der Waals surface area contributed by atoms with Gasteiger partial charge in [-0.05, 0) is 55.5 Å². The number of anilines is 2. The highest BCUT2D eigenvalue weighted by Gasteiger charge is 2.27. The number of urea groups is 1. The van der Waals surface area contributed by atoms with Gasteiger partial charge in [-0.2, -0.15) is 5.32 Å². The van der Waals surface area contributed by atoms with Crippen LogP contribution in [0.3, 0.4) is 0 Å². The molecule has 2 amide bonds. The Labute approximate surface area is 190 Å². The molecule has 1 fully saturated rings. The monoisotopic (exact) mass is 439 g/mol. The van der Waals surface area contributed by atoms with Gasteiger partial charge in [0.1, 0.15) is 12.2 Å². The van der Waals surface area contributed by atoms with E-state index in [0.717, 1.165) is 72.2 Å². The second-order valence-corrected chi connectivity index (χ2v) is 8.37. The van der Waals surface area contributed by atoms with Crippen molar-refractivity contribution in [2.24, 2.45) is 0 Å². The molecule has 2 aliphatic rings. The summed E-state index contributed by atoms with van der Waals surface area (Å²) in [5, 5.41) is 6.81. The molecule has 4 aromatic rings. The number of pyridine rings is 1. The molecule has 0 aliphatic carbocycles. The molecule has 1 radical (unpaired) electrons. The number of carbonyl (C=O) groups excluding carboxylic acids is 1. The molecule has 2 aliphatic heterocycles. The molecule has 0 spiro atoms. The number of nitrogens with one attached hydrogen (secondary N) is 1. The van der Waals surface area contributed by atoms with E-state index < -0.39 is 0 Å². The summed E-state index contributed by atoms with van der Waals surface area (Å²) in [4.78, 5) is 32.2. The third kappa shape index (κ3) is 3.36. The highest BCUT2D eigenvalue weighted by Crippen LogP contribution is 2.36. The van der Waals surface area contributed by atoms with Crippen molar-refractivity contribution in [2.75, 3.05) is 23.3 Å². The number of carbonyl (C=O) groups is 1. The minimum Gasteiger partial charge on any atom is -0.355 e. The average Bonchev–Trinajstić information content (AvgIpc) is 3.43. The van der Waals surface area contributed by atoms with Crippen LogP contribution in [0.2, 0.25) is 0 Å². The molecule has 1 saturated heterocycles. The van der Waals surface area contributed by atoms with E-state index in [1.165, 1.54) is 5.56 Å². The third-order valence-corrected chi connectivity index (χ3v) is 6.50. The summed E-state index contributed by atoms with van der Waals surface area (Å²) >= 11 is 0. The molecule has 165 valence electrons. The maximum Gasteiger partial charge on any atom is 0.346 e. The van der Waals surface area contributed by atoms with E-state index in [4.69, 9.17) is 4.98 Å². The van der Waals surface area contributed by atoms with Gasteiger partial charge in [-0.25, -0.2) is 19.7 Å². The molecule has 9 heteroatoms. The zero-order chi connectivity index (χ0) is 22.4. The summed E-state index contributed by atoms with van der Waals surface area (Å²) in [5.41, 5.74) is 5.41. The van der Waals surface area contributed by atoms with Crippen LogP contribution in [0.4, 0.5) is 22.0 Å². The quantitative estimate of drug-likeness (QED) is 0.514. The van der Waals surface area contributed by atoms with Crippen LogP contribution < -0.4 is 15.5 Å². The van der Waals surface area contributed by atoms with Crippen LogP contribution in [0.1, 0.15) is 31.2 Å². The number of aromatic nitrogens is 5. The molecule has 9 nitrogen and oxygen atoms in total. The largest absolute Gasteiger partial charge is 0.355 e. The van der Waals surface area contributed by atoms with E-state index >= 15 is 0 Å². The maximum atomic E-state index is 11.5. The van der Waals surface area contributed by atoms with Crippen LogP contribution in [-0.2, 0) is 6.54 Å². The first-order chi connectivity index (χ1) is 16.2. The second-order valence-electron chi connectivity index (χ2n) is 8.37. The first-order valence-corrected chi connectivity index (χ1v) is 11.2. The summed E-state index contributed by atoms with van der Waals surface area (Å²) in [6.45, 7) is 4.62. The fourth-order valence-corrected chi connectivity index (χ4v) is 4.85.